The van der Waals surface area contributed by atoms with E-state index in [4.69, 9.17) is 25.6 Å². The van der Waals surface area contributed by atoms with E-state index in [9.17, 15) is 4.79 Å². The highest BCUT2D eigenvalue weighted by atomic mass is 35.5. The summed E-state index contributed by atoms with van der Waals surface area (Å²) in [5, 5.41) is 8.03. The van der Waals surface area contributed by atoms with E-state index in [1.165, 1.54) is 4.90 Å². The van der Waals surface area contributed by atoms with Crippen molar-refractivity contribution >= 4 is 29.5 Å². The molecule has 3 heterocycles. The van der Waals surface area contributed by atoms with E-state index in [1.54, 1.807) is 24.4 Å². The third kappa shape index (κ3) is 5.48. The minimum atomic E-state index is -0.462. The Balaban J connectivity index is 1.49. The van der Waals surface area contributed by atoms with Crippen molar-refractivity contribution in [1.29, 1.82) is 0 Å². The van der Waals surface area contributed by atoms with Gasteiger partial charge in [-0.1, -0.05) is 16.8 Å². The molecule has 0 aliphatic carbocycles. The molecule has 1 aromatic carbocycles. The van der Waals surface area contributed by atoms with Crippen LogP contribution in [0.1, 0.15) is 46.4 Å². The van der Waals surface area contributed by atoms with Gasteiger partial charge in [0.25, 0.3) is 0 Å². The number of benzene rings is 1. The first kappa shape index (κ1) is 24.0. The van der Waals surface area contributed by atoms with E-state index < -0.39 is 6.09 Å². The van der Waals surface area contributed by atoms with Crippen molar-refractivity contribution in [1.82, 2.24) is 15.1 Å². The van der Waals surface area contributed by atoms with Gasteiger partial charge in [-0.2, -0.15) is 4.98 Å². The number of carbonyl (C=O) groups is 1. The zero-order valence-electron chi connectivity index (χ0n) is 19.8. The van der Waals surface area contributed by atoms with Crippen LogP contribution < -0.4 is 10.2 Å². The second-order valence-electron chi connectivity index (χ2n) is 9.18. The quantitative estimate of drug-likeness (QED) is 0.468. The molecule has 34 heavy (non-hydrogen) atoms. The van der Waals surface area contributed by atoms with E-state index in [0.29, 0.717) is 28.2 Å². The Kier molecular flexibility index (Phi) is 6.77. The van der Waals surface area contributed by atoms with Crippen LogP contribution in [0.5, 0.6) is 0 Å². The lowest BCUT2D eigenvalue weighted by molar-refractivity contribution is -0.0618. The molecule has 0 bridgehead atoms. The molecule has 1 N–H and O–H groups in total. The Morgan fingerprint density at radius 1 is 1.21 bits per heavy atom. The zero-order valence-corrected chi connectivity index (χ0v) is 20.5. The van der Waals surface area contributed by atoms with Gasteiger partial charge >= 0.3 is 6.09 Å². The molecule has 0 saturated carbocycles. The summed E-state index contributed by atoms with van der Waals surface area (Å²) in [6, 6.07) is 10.3. The van der Waals surface area contributed by atoms with Crippen molar-refractivity contribution in [3.8, 4) is 11.3 Å². The number of hydrogen-bond acceptors (Lipinski definition) is 8. The van der Waals surface area contributed by atoms with Crippen LogP contribution in [0.25, 0.3) is 11.3 Å². The average molecular weight is 486 g/mol. The van der Waals surface area contributed by atoms with Gasteiger partial charge < -0.3 is 19.3 Å². The van der Waals surface area contributed by atoms with Crippen LogP contribution in [0.3, 0.4) is 0 Å². The molecule has 10 heteroatoms. The Labute approximate surface area is 203 Å². The molecule has 3 aromatic rings. The highest BCUT2D eigenvalue weighted by molar-refractivity contribution is 6.30. The van der Waals surface area contributed by atoms with Gasteiger partial charge in [0.05, 0.1) is 17.7 Å². The molecule has 1 amide bonds. The SMILES string of the molecule is C[C@H](Nc1nccc(N2C(=O)OCC2[C@@H](C)OC(C)(C)C)n1)c1cc(-c2ccc(Cl)cc2)on1. The number of cyclic esters (lactones) is 1. The molecular weight excluding hydrogens is 458 g/mol. The van der Waals surface area contributed by atoms with E-state index in [0.717, 1.165) is 5.56 Å². The zero-order chi connectivity index (χ0) is 24.5. The van der Waals surface area contributed by atoms with Gasteiger partial charge in [0.2, 0.25) is 5.95 Å². The number of rotatable bonds is 7. The van der Waals surface area contributed by atoms with Gasteiger partial charge in [-0.3, -0.25) is 4.90 Å². The largest absolute Gasteiger partial charge is 0.447 e. The third-order valence-electron chi connectivity index (χ3n) is 5.32. The Hall–Kier alpha value is -3.17. The maximum atomic E-state index is 12.5. The summed E-state index contributed by atoms with van der Waals surface area (Å²) in [6.45, 7) is 10.00. The van der Waals surface area contributed by atoms with Crippen LogP contribution in [0, 0.1) is 0 Å². The highest BCUT2D eigenvalue weighted by Gasteiger charge is 2.40. The second kappa shape index (κ2) is 9.60. The molecule has 4 rings (SSSR count). The van der Waals surface area contributed by atoms with Gasteiger partial charge in [-0.15, -0.1) is 0 Å². The molecule has 180 valence electrons. The molecule has 1 saturated heterocycles. The van der Waals surface area contributed by atoms with Gasteiger partial charge in [0.1, 0.15) is 24.2 Å². The Bertz CT molecular complexity index is 1140. The predicted octanol–water partition coefficient (Wildman–Crippen LogP) is 5.49. The number of amides is 1. The first-order chi connectivity index (χ1) is 16.1. The minimum absolute atomic E-state index is 0.228. The summed E-state index contributed by atoms with van der Waals surface area (Å²) < 4.78 is 16.9. The normalized spacial score (nSPS) is 18.0. The maximum Gasteiger partial charge on any atom is 0.416 e. The lowest BCUT2D eigenvalue weighted by atomic mass is 10.1. The third-order valence-corrected chi connectivity index (χ3v) is 5.57. The van der Waals surface area contributed by atoms with Crippen molar-refractivity contribution in [2.24, 2.45) is 0 Å². The van der Waals surface area contributed by atoms with E-state index in [1.807, 2.05) is 52.8 Å². The van der Waals surface area contributed by atoms with Crippen molar-refractivity contribution in [2.45, 2.75) is 58.4 Å². The van der Waals surface area contributed by atoms with Crippen LogP contribution in [0.15, 0.2) is 47.1 Å². The average Bonchev–Trinajstić information content (AvgIpc) is 3.40. The molecule has 0 radical (unpaired) electrons. The van der Waals surface area contributed by atoms with Crippen molar-refractivity contribution in [3.05, 3.63) is 53.3 Å². The van der Waals surface area contributed by atoms with Crippen LogP contribution in [-0.2, 0) is 9.47 Å². The van der Waals surface area contributed by atoms with Crippen molar-refractivity contribution < 1.29 is 18.8 Å². The van der Waals surface area contributed by atoms with Crippen LogP contribution in [-0.4, -0.2) is 45.6 Å². The van der Waals surface area contributed by atoms with Crippen LogP contribution in [0.4, 0.5) is 16.6 Å². The molecular formula is C24H28ClN5O4. The summed E-state index contributed by atoms with van der Waals surface area (Å²) in [4.78, 5) is 22.9. The monoisotopic (exact) mass is 485 g/mol. The molecule has 1 aliphatic rings. The lowest BCUT2D eigenvalue weighted by Crippen LogP contribution is -2.45. The predicted molar refractivity (Wildman–Crippen MR) is 129 cm³/mol. The number of nitrogens with zero attached hydrogens (tertiary/aromatic N) is 4. The fourth-order valence-corrected chi connectivity index (χ4v) is 3.87. The van der Waals surface area contributed by atoms with Crippen LogP contribution in [0.2, 0.25) is 5.02 Å². The van der Waals surface area contributed by atoms with Gasteiger partial charge in [0, 0.05) is 22.8 Å². The Morgan fingerprint density at radius 3 is 2.65 bits per heavy atom. The van der Waals surface area contributed by atoms with Crippen LogP contribution >= 0.6 is 11.6 Å². The van der Waals surface area contributed by atoms with Gasteiger partial charge in [0.15, 0.2) is 5.76 Å². The summed E-state index contributed by atoms with van der Waals surface area (Å²) in [5.41, 5.74) is 1.20. The number of carbonyl (C=O) groups excluding carboxylic acids is 1. The van der Waals surface area contributed by atoms with Crippen molar-refractivity contribution in [3.63, 3.8) is 0 Å². The number of hydrogen-bond donors (Lipinski definition) is 1. The molecule has 1 unspecified atom stereocenters. The number of ether oxygens (including phenoxy) is 2. The molecule has 2 aromatic heterocycles. The van der Waals surface area contributed by atoms with Gasteiger partial charge in [-0.05, 0) is 65.0 Å². The minimum Gasteiger partial charge on any atom is -0.447 e. The second-order valence-corrected chi connectivity index (χ2v) is 9.61. The maximum absolute atomic E-state index is 12.5. The first-order valence-corrected chi connectivity index (χ1v) is 11.4. The number of aromatic nitrogens is 3. The smallest absolute Gasteiger partial charge is 0.416 e. The summed E-state index contributed by atoms with van der Waals surface area (Å²) in [6.07, 6.45) is 0.881. The topological polar surface area (TPSA) is 103 Å². The lowest BCUT2D eigenvalue weighted by Gasteiger charge is -2.31. The molecule has 1 aliphatic heterocycles. The first-order valence-electron chi connectivity index (χ1n) is 11.1. The number of nitrogens with one attached hydrogen (secondary N) is 1. The highest BCUT2D eigenvalue weighted by Crippen LogP contribution is 2.28. The fourth-order valence-electron chi connectivity index (χ4n) is 3.74. The molecule has 9 nitrogen and oxygen atoms in total. The molecule has 3 atom stereocenters. The molecule has 0 spiro atoms. The standard InChI is InChI=1S/C24H28ClN5O4/c1-14(18-12-20(34-29-18)16-6-8-17(25)9-7-16)27-22-26-11-10-21(28-22)30-19(13-32-23(30)31)15(2)33-24(3,4)5/h6-12,14-15,19H,13H2,1-5H3,(H,26,27,28)/t14-,15+,19?/m0/s1. The summed E-state index contributed by atoms with van der Waals surface area (Å²) in [7, 11) is 0. The van der Waals surface area contributed by atoms with Gasteiger partial charge in [-0.25, -0.2) is 9.78 Å². The van der Waals surface area contributed by atoms with E-state index in [-0.39, 0.29) is 30.4 Å². The molecule has 1 fully saturated rings. The fraction of sp³-hybridized carbons (Fsp3) is 0.417. The van der Waals surface area contributed by atoms with E-state index >= 15 is 0 Å². The van der Waals surface area contributed by atoms with E-state index in [2.05, 4.69) is 20.4 Å². The summed E-state index contributed by atoms with van der Waals surface area (Å²) in [5.74, 6) is 1.41. The number of anilines is 2. The number of halogens is 1. The van der Waals surface area contributed by atoms with Crippen molar-refractivity contribution in [2.75, 3.05) is 16.8 Å². The Morgan fingerprint density at radius 2 is 1.94 bits per heavy atom. The summed E-state index contributed by atoms with van der Waals surface area (Å²) >= 11 is 5.96.